The summed E-state index contributed by atoms with van der Waals surface area (Å²) >= 11 is 0. The molecule has 0 aromatic carbocycles. The number of esters is 8. The smallest absolute Gasteiger partial charge is 0.344 e. The van der Waals surface area contributed by atoms with Crippen molar-refractivity contribution in [3.63, 3.8) is 0 Å². The minimum absolute atomic E-state index is 0.0562. The molecule has 70 heavy (non-hydrogen) atoms. The fourth-order valence-corrected chi connectivity index (χ4v) is 8.29. The van der Waals surface area contributed by atoms with Crippen molar-refractivity contribution in [3.8, 4) is 0 Å². The van der Waals surface area contributed by atoms with Crippen molar-refractivity contribution < 1.29 is 76.3 Å². The second kappa shape index (κ2) is 31.8. The summed E-state index contributed by atoms with van der Waals surface area (Å²) in [5.41, 5.74) is -0.0714. The molecule has 0 spiro atoms. The van der Waals surface area contributed by atoms with Crippen LogP contribution >= 0.6 is 0 Å². The van der Waals surface area contributed by atoms with Crippen molar-refractivity contribution in [2.45, 2.75) is 219 Å². The van der Waals surface area contributed by atoms with E-state index in [1.54, 1.807) is 13.8 Å². The van der Waals surface area contributed by atoms with Crippen molar-refractivity contribution in [1.29, 1.82) is 0 Å². The lowest BCUT2D eigenvalue weighted by Gasteiger charge is -2.36. The normalized spacial score (nSPS) is 17.7. The molecule has 16 heteroatoms. The van der Waals surface area contributed by atoms with E-state index in [0.29, 0.717) is 11.1 Å². The first-order valence-electron chi connectivity index (χ1n) is 25.0. The number of hydrogen-bond donors (Lipinski definition) is 0. The maximum Gasteiger partial charge on any atom is 0.344 e. The summed E-state index contributed by atoms with van der Waals surface area (Å²) in [6, 6.07) is 0. The Labute approximate surface area is 417 Å². The van der Waals surface area contributed by atoms with E-state index in [2.05, 4.69) is 33.2 Å². The lowest BCUT2D eigenvalue weighted by Crippen LogP contribution is -2.36. The van der Waals surface area contributed by atoms with Gasteiger partial charge in [0.15, 0.2) is 13.2 Å². The van der Waals surface area contributed by atoms with Crippen LogP contribution in [0.15, 0.2) is 48.6 Å². The van der Waals surface area contributed by atoms with E-state index < -0.39 is 35.8 Å². The highest BCUT2D eigenvalue weighted by atomic mass is 16.6. The van der Waals surface area contributed by atoms with E-state index >= 15 is 0 Å². The molecule has 0 N–H and O–H groups in total. The molecule has 0 radical (unpaired) electrons. The van der Waals surface area contributed by atoms with E-state index in [0.717, 1.165) is 116 Å². The Kier molecular flexibility index (Phi) is 28.5. The third-order valence-corrected chi connectivity index (χ3v) is 12.6. The van der Waals surface area contributed by atoms with Gasteiger partial charge in [0.1, 0.15) is 35.6 Å². The summed E-state index contributed by atoms with van der Waals surface area (Å²) in [5.74, 6) is -3.58. The summed E-state index contributed by atoms with van der Waals surface area (Å²) < 4.78 is 41.0. The van der Waals surface area contributed by atoms with Crippen molar-refractivity contribution in [2.75, 3.05) is 26.4 Å². The Balaban J connectivity index is 0.000000468. The zero-order chi connectivity index (χ0) is 53.0. The number of carbonyl (C=O) groups is 8. The highest BCUT2D eigenvalue weighted by Crippen LogP contribution is 2.37. The Hall–Kier alpha value is -5.28. The number of hydrogen-bond acceptors (Lipinski definition) is 16. The van der Waals surface area contributed by atoms with E-state index in [9.17, 15) is 38.4 Å². The van der Waals surface area contributed by atoms with Crippen LogP contribution in [0.4, 0.5) is 0 Å². The van der Waals surface area contributed by atoms with Gasteiger partial charge in [-0.05, 0) is 157 Å². The van der Waals surface area contributed by atoms with Gasteiger partial charge in [-0.3, -0.25) is 9.59 Å². The van der Waals surface area contributed by atoms with Gasteiger partial charge in [0.25, 0.3) is 0 Å². The topological polar surface area (TPSA) is 210 Å². The zero-order valence-electron chi connectivity index (χ0n) is 43.7. The second-order valence-corrected chi connectivity index (χ2v) is 19.5. The van der Waals surface area contributed by atoms with Crippen molar-refractivity contribution in [3.05, 3.63) is 48.6 Å². The zero-order valence-corrected chi connectivity index (χ0v) is 43.7. The summed E-state index contributed by atoms with van der Waals surface area (Å²) in [5, 5.41) is 0. The Morgan fingerprint density at radius 1 is 0.371 bits per heavy atom. The Morgan fingerprint density at radius 3 is 0.971 bits per heavy atom. The summed E-state index contributed by atoms with van der Waals surface area (Å²) in [4.78, 5) is 90.8. The highest BCUT2D eigenvalue weighted by molar-refractivity contribution is 5.89. The largest absolute Gasteiger partial charge is 0.462 e. The molecule has 0 atom stereocenters. The van der Waals surface area contributed by atoms with Crippen LogP contribution in [0.5, 0.6) is 0 Å². The van der Waals surface area contributed by atoms with E-state index in [4.69, 9.17) is 37.9 Å². The second-order valence-electron chi connectivity index (χ2n) is 19.5. The molecule has 0 heterocycles. The molecular formula is C54H84O16. The molecule has 0 saturated heterocycles. The average molecular weight is 989 g/mol. The van der Waals surface area contributed by atoms with Crippen molar-refractivity contribution >= 4 is 47.8 Å². The van der Waals surface area contributed by atoms with E-state index in [1.807, 2.05) is 20.8 Å². The first kappa shape index (κ1) is 62.7. The van der Waals surface area contributed by atoms with Crippen LogP contribution in [-0.2, 0) is 76.3 Å². The molecular weight excluding hydrogens is 905 g/mol. The number of carbonyl (C=O) groups excluding carboxylic acids is 8. The molecule has 4 aliphatic carbocycles. The van der Waals surface area contributed by atoms with Gasteiger partial charge in [0.2, 0.25) is 0 Å². The van der Waals surface area contributed by atoms with Crippen molar-refractivity contribution in [2.24, 2.45) is 0 Å². The molecule has 0 aromatic rings. The van der Waals surface area contributed by atoms with Gasteiger partial charge in [-0.1, -0.05) is 53.0 Å². The molecule has 16 nitrogen and oxygen atoms in total. The minimum Gasteiger partial charge on any atom is -0.462 e. The summed E-state index contributed by atoms with van der Waals surface area (Å²) in [6.07, 6.45) is 20.4. The molecule has 4 rings (SSSR count). The highest BCUT2D eigenvalue weighted by Gasteiger charge is 2.37. The van der Waals surface area contributed by atoms with Crippen LogP contribution in [0, 0.1) is 0 Å². The minimum atomic E-state index is -0.562. The number of rotatable bonds is 20. The molecule has 0 bridgehead atoms. The van der Waals surface area contributed by atoms with Gasteiger partial charge in [0, 0.05) is 22.3 Å². The molecule has 4 aliphatic rings. The van der Waals surface area contributed by atoms with Crippen LogP contribution in [0.3, 0.4) is 0 Å². The summed E-state index contributed by atoms with van der Waals surface area (Å²) in [7, 11) is 0. The van der Waals surface area contributed by atoms with Gasteiger partial charge in [-0.25, -0.2) is 28.8 Å². The van der Waals surface area contributed by atoms with Gasteiger partial charge >= 0.3 is 47.8 Å². The van der Waals surface area contributed by atoms with Crippen LogP contribution in [0.1, 0.15) is 197 Å². The first-order chi connectivity index (χ1) is 32.8. The average Bonchev–Trinajstić information content (AvgIpc) is 3.97. The molecule has 4 fully saturated rings. The Morgan fingerprint density at radius 2 is 0.629 bits per heavy atom. The first-order valence-corrected chi connectivity index (χ1v) is 25.0. The lowest BCUT2D eigenvalue weighted by molar-refractivity contribution is -0.169. The molecule has 396 valence electrons. The molecule has 0 aliphatic heterocycles. The number of ether oxygens (including phenoxy) is 8. The van der Waals surface area contributed by atoms with Gasteiger partial charge in [-0.15, -0.1) is 0 Å². The van der Waals surface area contributed by atoms with Crippen LogP contribution < -0.4 is 0 Å². The SMILES string of the molecule is C=C(C)C(=O)OCC(=O)OC1(C)CCCC1.C=C(C)C(=O)OCC(=O)OC1(CC)CCCC1.C=C(C)C(=O)OCCC(=O)OC1(C)CCCCC1.C=C(C)C(=O)OCCC(=O)OC1(CC)CCCCC1. The predicted molar refractivity (Wildman–Crippen MR) is 263 cm³/mol. The van der Waals surface area contributed by atoms with Crippen LogP contribution in [0.25, 0.3) is 0 Å². The lowest BCUT2D eigenvalue weighted by atomic mass is 9.83. The van der Waals surface area contributed by atoms with Gasteiger partial charge in [0.05, 0.1) is 12.8 Å². The predicted octanol–water partition coefficient (Wildman–Crippen LogP) is 10.3. The van der Waals surface area contributed by atoms with Gasteiger partial charge < -0.3 is 37.9 Å². The third kappa shape index (κ3) is 25.5. The third-order valence-electron chi connectivity index (χ3n) is 12.6. The van der Waals surface area contributed by atoms with Crippen molar-refractivity contribution in [1.82, 2.24) is 0 Å². The molecule has 0 unspecified atom stereocenters. The van der Waals surface area contributed by atoms with Crippen LogP contribution in [-0.4, -0.2) is 96.6 Å². The van der Waals surface area contributed by atoms with Crippen LogP contribution in [0.2, 0.25) is 0 Å². The standard InChI is InChI=1S/C15H24O4.C14H22O4.C13H20O4.C12H18O4/c1-4-15(9-6-5-7-10-15)19-13(16)8-11-18-14(17)12(2)3;1-11(2)13(16)17-10-7-12(15)18-14(3)8-5-4-6-9-14;1-4-13(7-5-6-8-13)17-11(14)9-16-12(15)10(2)3;1-9(2)11(14)15-8-10(13)16-12(3)6-4-5-7-12/h2,4-11H2,1,3H3;1,4-10H2,2-3H3;2,4-9H2,1,3H3;1,4-8H2,2-3H3. The monoisotopic (exact) mass is 989 g/mol. The molecule has 4 saturated carbocycles. The van der Waals surface area contributed by atoms with Gasteiger partial charge in [-0.2, -0.15) is 0 Å². The molecule has 0 amide bonds. The Bertz CT molecular complexity index is 1800. The summed E-state index contributed by atoms with van der Waals surface area (Å²) in [6.45, 7) is 27.5. The fraction of sp³-hybridized carbons (Fsp3) is 0.704. The fourth-order valence-electron chi connectivity index (χ4n) is 8.29. The van der Waals surface area contributed by atoms with E-state index in [-0.39, 0.29) is 84.8 Å². The van der Waals surface area contributed by atoms with E-state index in [1.165, 1.54) is 26.7 Å². The quantitative estimate of drug-likeness (QED) is 0.0631. The maximum atomic E-state index is 11.8. The maximum absolute atomic E-state index is 11.8. The molecule has 0 aromatic heterocycles.